The van der Waals surface area contributed by atoms with Gasteiger partial charge in [-0.15, -0.1) is 0 Å². The number of rotatable bonds is 2. The molecule has 2 aliphatic rings. The van der Waals surface area contributed by atoms with Gasteiger partial charge in [0, 0.05) is 15.8 Å². The lowest BCUT2D eigenvalue weighted by Gasteiger charge is -2.23. The molecule has 130 valence electrons. The minimum atomic E-state index is -3.18. The predicted molar refractivity (Wildman–Crippen MR) is 102 cm³/mol. The Labute approximate surface area is 155 Å². The summed E-state index contributed by atoms with van der Waals surface area (Å²) in [4.78, 5) is 16.5. The summed E-state index contributed by atoms with van der Waals surface area (Å²) in [5.74, 6) is 0.0000868. The Morgan fingerprint density at radius 2 is 1.52 bits per heavy atom. The van der Waals surface area contributed by atoms with E-state index in [0.29, 0.717) is 5.69 Å². The zero-order chi connectivity index (χ0) is 17.8. The van der Waals surface area contributed by atoms with Gasteiger partial charge in [0.15, 0.2) is 9.84 Å². The highest BCUT2D eigenvalue weighted by atomic mass is 79.9. The first kappa shape index (κ1) is 16.6. The van der Waals surface area contributed by atoms with E-state index in [-0.39, 0.29) is 29.6 Å². The van der Waals surface area contributed by atoms with Crippen LogP contribution < -0.4 is 9.80 Å². The van der Waals surface area contributed by atoms with Crippen molar-refractivity contribution in [3.63, 3.8) is 0 Å². The van der Waals surface area contributed by atoms with Crippen molar-refractivity contribution in [1.29, 1.82) is 0 Å². The molecule has 5 nitrogen and oxygen atoms in total. The van der Waals surface area contributed by atoms with E-state index in [1.54, 1.807) is 9.80 Å². The number of hydrogen-bond donors (Lipinski definition) is 0. The number of urea groups is 1. The highest BCUT2D eigenvalue weighted by Gasteiger charge is 2.54. The Hall–Kier alpha value is -1.86. The van der Waals surface area contributed by atoms with Crippen LogP contribution in [0, 0.1) is 6.92 Å². The van der Waals surface area contributed by atoms with Crippen molar-refractivity contribution >= 4 is 43.2 Å². The number of amides is 2. The summed E-state index contributed by atoms with van der Waals surface area (Å²) in [5.41, 5.74) is 2.49. The number of nitrogens with zero attached hydrogens (tertiary/aromatic N) is 2. The van der Waals surface area contributed by atoms with Crippen LogP contribution in [0.5, 0.6) is 0 Å². The second kappa shape index (κ2) is 5.85. The van der Waals surface area contributed by atoms with Crippen molar-refractivity contribution in [2.24, 2.45) is 0 Å². The number of halogens is 1. The number of carbonyl (C=O) groups excluding carboxylic acids is 1. The van der Waals surface area contributed by atoms with E-state index in [0.717, 1.165) is 15.7 Å². The van der Waals surface area contributed by atoms with E-state index in [1.165, 1.54) is 0 Å². The first-order valence-electron chi connectivity index (χ1n) is 8.01. The zero-order valence-corrected chi connectivity index (χ0v) is 16.0. The maximum atomic E-state index is 13.2. The molecular formula is C18H17BrN2O3S. The number of fused-ring (bicyclic) bond motifs is 1. The van der Waals surface area contributed by atoms with Crippen molar-refractivity contribution in [3.05, 3.63) is 58.6 Å². The summed E-state index contributed by atoms with van der Waals surface area (Å²) < 4.78 is 25.4. The molecular weight excluding hydrogens is 404 g/mol. The van der Waals surface area contributed by atoms with Crippen LogP contribution in [0.25, 0.3) is 0 Å². The van der Waals surface area contributed by atoms with Gasteiger partial charge in [-0.05, 0) is 42.8 Å². The number of sulfone groups is 1. The van der Waals surface area contributed by atoms with Crippen LogP contribution in [0.3, 0.4) is 0 Å². The average Bonchev–Trinajstić information content (AvgIpc) is 2.95. The van der Waals surface area contributed by atoms with Gasteiger partial charge in [0.05, 0.1) is 23.6 Å². The molecule has 0 N–H and O–H groups in total. The van der Waals surface area contributed by atoms with Crippen LogP contribution in [0.2, 0.25) is 0 Å². The van der Waals surface area contributed by atoms with Gasteiger partial charge < -0.3 is 0 Å². The molecule has 2 aromatic rings. The summed E-state index contributed by atoms with van der Waals surface area (Å²) in [6.07, 6.45) is 0. The fraction of sp³-hybridized carbons (Fsp3) is 0.278. The largest absolute Gasteiger partial charge is 0.329 e. The van der Waals surface area contributed by atoms with E-state index < -0.39 is 9.84 Å². The van der Waals surface area contributed by atoms with Crippen molar-refractivity contribution in [3.8, 4) is 0 Å². The number of hydrogen-bond acceptors (Lipinski definition) is 3. The van der Waals surface area contributed by atoms with E-state index in [9.17, 15) is 13.2 Å². The lowest BCUT2D eigenvalue weighted by molar-refractivity contribution is 0.255. The van der Waals surface area contributed by atoms with E-state index in [4.69, 9.17) is 0 Å². The molecule has 0 aromatic heterocycles. The summed E-state index contributed by atoms with van der Waals surface area (Å²) in [7, 11) is -3.18. The van der Waals surface area contributed by atoms with Crippen LogP contribution in [0.1, 0.15) is 5.56 Å². The van der Waals surface area contributed by atoms with Crippen LogP contribution in [-0.2, 0) is 9.84 Å². The van der Waals surface area contributed by atoms with E-state index in [1.807, 2.05) is 55.5 Å². The molecule has 0 spiro atoms. The molecule has 0 saturated carbocycles. The molecule has 4 rings (SSSR count). The molecule has 2 amide bonds. The Kier molecular flexibility index (Phi) is 3.88. The minimum Gasteiger partial charge on any atom is -0.288 e. The summed E-state index contributed by atoms with van der Waals surface area (Å²) in [6.45, 7) is 1.96. The van der Waals surface area contributed by atoms with Gasteiger partial charge >= 0.3 is 6.03 Å². The number of aryl methyl sites for hydroxylation is 1. The monoisotopic (exact) mass is 420 g/mol. The Balaban J connectivity index is 1.83. The van der Waals surface area contributed by atoms with E-state index >= 15 is 0 Å². The smallest absolute Gasteiger partial charge is 0.288 e. The summed E-state index contributed by atoms with van der Waals surface area (Å²) >= 11 is 3.42. The molecule has 2 aromatic carbocycles. The normalized spacial score (nSPS) is 24.6. The second-order valence-corrected chi connectivity index (χ2v) is 9.62. The number of benzene rings is 2. The molecule has 2 saturated heterocycles. The maximum Gasteiger partial charge on any atom is 0.329 e. The van der Waals surface area contributed by atoms with Crippen molar-refractivity contribution < 1.29 is 13.2 Å². The molecule has 2 aliphatic heterocycles. The topological polar surface area (TPSA) is 57.7 Å². The van der Waals surface area contributed by atoms with Gasteiger partial charge in [0.1, 0.15) is 0 Å². The van der Waals surface area contributed by atoms with Gasteiger partial charge in [0.2, 0.25) is 0 Å². The fourth-order valence-corrected chi connectivity index (χ4v) is 6.02. The van der Waals surface area contributed by atoms with Crippen molar-refractivity contribution in [1.82, 2.24) is 0 Å². The minimum absolute atomic E-state index is 0.00175. The molecule has 25 heavy (non-hydrogen) atoms. The fourth-order valence-electron chi connectivity index (χ4n) is 3.71. The maximum absolute atomic E-state index is 13.2. The lowest BCUT2D eigenvalue weighted by Crippen LogP contribution is -2.37. The first-order chi connectivity index (χ1) is 11.9. The highest BCUT2D eigenvalue weighted by Crippen LogP contribution is 2.38. The molecule has 2 atom stereocenters. The number of carbonyl (C=O) groups is 1. The molecule has 0 radical (unpaired) electrons. The zero-order valence-electron chi connectivity index (χ0n) is 13.6. The SMILES string of the molecule is Cc1cccc(N2C(=O)N(c3cccc(Br)c3)[C@@H]3CS(=O)(=O)C[C@H]32)c1. The van der Waals surface area contributed by atoms with E-state index in [2.05, 4.69) is 15.9 Å². The summed E-state index contributed by atoms with van der Waals surface area (Å²) in [5, 5.41) is 0. The molecule has 0 aliphatic carbocycles. The van der Waals surface area contributed by atoms with Gasteiger partial charge in [-0.25, -0.2) is 13.2 Å². The Morgan fingerprint density at radius 3 is 2.08 bits per heavy atom. The molecule has 0 unspecified atom stereocenters. The molecule has 7 heteroatoms. The van der Waals surface area contributed by atoms with Crippen LogP contribution >= 0.6 is 15.9 Å². The second-order valence-electron chi connectivity index (χ2n) is 6.55. The van der Waals surface area contributed by atoms with Gasteiger partial charge in [-0.3, -0.25) is 9.80 Å². The lowest BCUT2D eigenvalue weighted by atomic mass is 10.1. The third-order valence-electron chi connectivity index (χ3n) is 4.74. The standard InChI is InChI=1S/C18H17BrN2O3S/c1-12-4-2-6-14(8-12)20-16-10-25(23,24)11-17(16)21(18(20)22)15-7-3-5-13(19)9-15/h2-9,16-17H,10-11H2,1H3/t16-,17-/m1/s1. The van der Waals surface area contributed by atoms with Gasteiger partial charge in [-0.2, -0.15) is 0 Å². The van der Waals surface area contributed by atoms with Crippen molar-refractivity contribution in [2.75, 3.05) is 21.3 Å². The highest BCUT2D eigenvalue weighted by molar-refractivity contribution is 9.10. The summed E-state index contributed by atoms with van der Waals surface area (Å²) in [6, 6.07) is 14.1. The number of anilines is 2. The van der Waals surface area contributed by atoms with Crippen LogP contribution in [-0.4, -0.2) is 38.0 Å². The molecule has 2 heterocycles. The quantitative estimate of drug-likeness (QED) is 0.699. The van der Waals surface area contributed by atoms with Crippen LogP contribution in [0.4, 0.5) is 16.2 Å². The van der Waals surface area contributed by atoms with Gasteiger partial charge in [0.25, 0.3) is 0 Å². The van der Waals surface area contributed by atoms with Gasteiger partial charge in [-0.1, -0.05) is 34.1 Å². The first-order valence-corrected chi connectivity index (χ1v) is 10.6. The predicted octanol–water partition coefficient (Wildman–Crippen LogP) is 3.37. The van der Waals surface area contributed by atoms with Crippen LogP contribution in [0.15, 0.2) is 53.0 Å². The third kappa shape index (κ3) is 2.85. The third-order valence-corrected chi connectivity index (χ3v) is 6.93. The Morgan fingerprint density at radius 1 is 0.960 bits per heavy atom. The molecule has 0 bridgehead atoms. The Bertz CT molecular complexity index is 891. The molecule has 2 fully saturated rings. The van der Waals surface area contributed by atoms with Crippen molar-refractivity contribution in [2.45, 2.75) is 19.0 Å². The average molecular weight is 421 g/mol.